The quantitative estimate of drug-likeness (QED) is 0.0925. The smallest absolute Gasteiger partial charge is 0.190 e. The number of aryl methyl sites for hydroxylation is 1. The summed E-state index contributed by atoms with van der Waals surface area (Å²) >= 11 is 0. The topological polar surface area (TPSA) is 101 Å². The Kier molecular flexibility index (Phi) is 11.4. The van der Waals surface area contributed by atoms with Gasteiger partial charge in [-0.05, 0) is 89.4 Å². The number of ether oxygens (including phenoxy) is 5. The number of benzene rings is 5. The standard InChI is InChI=1S/C42H38O8/c1-27-23-35(45)42(34(44)20-12-29-14-22-37(47-3)39(25-29)49-5)41(31-15-17-32(18-16-31)50-26-30-9-7-6-8-10-30)40(27)33(43)19-11-28-13-21-36(46-2)38(24-28)48-4/h6-25,45H,26H2,1-5H3/b19-11+,20-12+. The number of hydrogen-bond donors (Lipinski definition) is 1. The van der Waals surface area contributed by atoms with Gasteiger partial charge in [0.05, 0.1) is 34.0 Å². The second-order valence-corrected chi connectivity index (χ2v) is 11.3. The van der Waals surface area contributed by atoms with Gasteiger partial charge in [-0.3, -0.25) is 9.59 Å². The third-order valence-electron chi connectivity index (χ3n) is 8.06. The van der Waals surface area contributed by atoms with Crippen molar-refractivity contribution in [1.82, 2.24) is 0 Å². The van der Waals surface area contributed by atoms with E-state index in [-0.39, 0.29) is 22.7 Å². The first-order valence-corrected chi connectivity index (χ1v) is 15.8. The lowest BCUT2D eigenvalue weighted by Gasteiger charge is -2.17. The predicted molar refractivity (Wildman–Crippen MR) is 195 cm³/mol. The number of aromatic hydroxyl groups is 1. The molecule has 0 atom stereocenters. The van der Waals surface area contributed by atoms with Gasteiger partial charge in [0, 0.05) is 11.1 Å². The van der Waals surface area contributed by atoms with E-state index in [1.807, 2.05) is 30.3 Å². The number of carbonyl (C=O) groups is 2. The van der Waals surface area contributed by atoms with Crippen molar-refractivity contribution in [2.24, 2.45) is 0 Å². The van der Waals surface area contributed by atoms with Crippen LogP contribution in [0.25, 0.3) is 23.3 Å². The normalized spacial score (nSPS) is 11.1. The molecule has 0 heterocycles. The largest absolute Gasteiger partial charge is 0.507 e. The van der Waals surface area contributed by atoms with Crippen molar-refractivity contribution >= 4 is 23.7 Å². The molecule has 8 nitrogen and oxygen atoms in total. The Morgan fingerprint density at radius 1 is 0.620 bits per heavy atom. The highest BCUT2D eigenvalue weighted by Gasteiger charge is 2.25. The molecule has 50 heavy (non-hydrogen) atoms. The Bertz CT molecular complexity index is 1940. The van der Waals surface area contributed by atoms with Crippen LogP contribution in [0.5, 0.6) is 34.5 Å². The number of carbonyl (C=O) groups excluding carboxylic acids is 2. The van der Waals surface area contributed by atoms with E-state index >= 15 is 0 Å². The predicted octanol–water partition coefficient (Wildman–Crippen LogP) is 8.77. The first-order valence-electron chi connectivity index (χ1n) is 15.8. The third-order valence-corrected chi connectivity index (χ3v) is 8.06. The summed E-state index contributed by atoms with van der Waals surface area (Å²) in [6.45, 7) is 2.10. The van der Waals surface area contributed by atoms with Crippen LogP contribution in [0.3, 0.4) is 0 Å². The minimum Gasteiger partial charge on any atom is -0.507 e. The van der Waals surface area contributed by atoms with Crippen molar-refractivity contribution in [1.29, 1.82) is 0 Å². The molecule has 0 fully saturated rings. The number of hydrogen-bond acceptors (Lipinski definition) is 8. The summed E-state index contributed by atoms with van der Waals surface area (Å²) in [5.74, 6) is 1.66. The monoisotopic (exact) mass is 670 g/mol. The van der Waals surface area contributed by atoms with Crippen LogP contribution in [-0.2, 0) is 6.61 Å². The molecule has 0 saturated carbocycles. The van der Waals surface area contributed by atoms with Gasteiger partial charge >= 0.3 is 0 Å². The van der Waals surface area contributed by atoms with Crippen LogP contribution in [0.15, 0.2) is 109 Å². The van der Waals surface area contributed by atoms with E-state index in [0.29, 0.717) is 63.2 Å². The highest BCUT2D eigenvalue weighted by molar-refractivity contribution is 6.19. The summed E-state index contributed by atoms with van der Waals surface area (Å²) in [7, 11) is 6.17. The third kappa shape index (κ3) is 8.05. The summed E-state index contributed by atoms with van der Waals surface area (Å²) in [4.78, 5) is 28.0. The maximum Gasteiger partial charge on any atom is 0.190 e. The fourth-order valence-corrected chi connectivity index (χ4v) is 5.54. The van der Waals surface area contributed by atoms with Crippen LogP contribution in [0.4, 0.5) is 0 Å². The molecule has 0 bridgehead atoms. The number of phenolic OH excluding ortho intramolecular Hbond substituents is 1. The molecule has 0 radical (unpaired) electrons. The Morgan fingerprint density at radius 2 is 1.14 bits per heavy atom. The molecule has 8 heteroatoms. The van der Waals surface area contributed by atoms with Gasteiger partial charge in [0.1, 0.15) is 18.1 Å². The van der Waals surface area contributed by atoms with Crippen molar-refractivity contribution < 1.29 is 38.4 Å². The molecule has 0 spiro atoms. The second-order valence-electron chi connectivity index (χ2n) is 11.3. The molecule has 5 rings (SSSR count). The van der Waals surface area contributed by atoms with E-state index in [1.54, 1.807) is 101 Å². The van der Waals surface area contributed by atoms with E-state index in [2.05, 4.69) is 0 Å². The molecule has 0 amide bonds. The number of allylic oxidation sites excluding steroid dienone is 2. The van der Waals surface area contributed by atoms with Gasteiger partial charge in [0.2, 0.25) is 0 Å². The first-order chi connectivity index (χ1) is 24.3. The molecule has 5 aromatic rings. The highest BCUT2D eigenvalue weighted by Crippen LogP contribution is 2.38. The summed E-state index contributed by atoms with van der Waals surface area (Å²) < 4.78 is 27.5. The van der Waals surface area contributed by atoms with Crippen LogP contribution in [0, 0.1) is 6.92 Å². The zero-order valence-corrected chi connectivity index (χ0v) is 28.6. The lowest BCUT2D eigenvalue weighted by Crippen LogP contribution is -2.08. The van der Waals surface area contributed by atoms with Crippen LogP contribution >= 0.6 is 0 Å². The van der Waals surface area contributed by atoms with Crippen LogP contribution in [0.1, 0.15) is 43.0 Å². The van der Waals surface area contributed by atoms with E-state index < -0.39 is 5.78 Å². The fourth-order valence-electron chi connectivity index (χ4n) is 5.54. The van der Waals surface area contributed by atoms with E-state index in [0.717, 1.165) is 5.56 Å². The second kappa shape index (κ2) is 16.2. The summed E-state index contributed by atoms with van der Waals surface area (Å²) in [5.41, 5.74) is 4.05. The lowest BCUT2D eigenvalue weighted by atomic mass is 9.86. The van der Waals surface area contributed by atoms with Crippen molar-refractivity contribution in [3.8, 4) is 45.6 Å². The Balaban J connectivity index is 1.56. The maximum absolute atomic E-state index is 14.0. The van der Waals surface area contributed by atoms with Crippen LogP contribution in [0.2, 0.25) is 0 Å². The number of ketones is 2. The first kappa shape index (κ1) is 35.0. The minimum absolute atomic E-state index is 0.00635. The van der Waals surface area contributed by atoms with Gasteiger partial charge in [-0.15, -0.1) is 0 Å². The number of rotatable bonds is 14. The number of methoxy groups -OCH3 is 4. The Morgan fingerprint density at radius 3 is 1.66 bits per heavy atom. The molecule has 0 aliphatic rings. The van der Waals surface area contributed by atoms with Crippen LogP contribution < -0.4 is 23.7 Å². The van der Waals surface area contributed by atoms with E-state index in [9.17, 15) is 14.7 Å². The van der Waals surface area contributed by atoms with Crippen molar-refractivity contribution in [3.05, 3.63) is 143 Å². The molecule has 0 saturated heterocycles. The average molecular weight is 671 g/mol. The fraction of sp³-hybridized carbons (Fsp3) is 0.143. The molecule has 0 unspecified atom stereocenters. The van der Waals surface area contributed by atoms with Crippen molar-refractivity contribution in [2.45, 2.75) is 13.5 Å². The molecule has 254 valence electrons. The van der Waals surface area contributed by atoms with Crippen LogP contribution in [-0.4, -0.2) is 45.1 Å². The van der Waals surface area contributed by atoms with Gasteiger partial charge in [0.25, 0.3) is 0 Å². The molecule has 0 aliphatic carbocycles. The Hall–Kier alpha value is -6.28. The average Bonchev–Trinajstić information content (AvgIpc) is 3.15. The van der Waals surface area contributed by atoms with Crippen molar-refractivity contribution in [3.63, 3.8) is 0 Å². The van der Waals surface area contributed by atoms with E-state index in [1.165, 1.54) is 25.3 Å². The lowest BCUT2D eigenvalue weighted by molar-refractivity contribution is 0.104. The molecular weight excluding hydrogens is 632 g/mol. The zero-order valence-electron chi connectivity index (χ0n) is 28.6. The van der Waals surface area contributed by atoms with Gasteiger partial charge in [-0.2, -0.15) is 0 Å². The Labute approximate surface area is 291 Å². The van der Waals surface area contributed by atoms with Gasteiger partial charge in [-0.1, -0.05) is 66.7 Å². The molecule has 0 aromatic heterocycles. The van der Waals surface area contributed by atoms with Crippen molar-refractivity contribution in [2.75, 3.05) is 28.4 Å². The molecule has 0 aliphatic heterocycles. The summed E-state index contributed by atoms with van der Waals surface area (Å²) in [6.07, 6.45) is 6.08. The molecular formula is C42H38O8. The van der Waals surface area contributed by atoms with Gasteiger partial charge in [0.15, 0.2) is 34.6 Å². The minimum atomic E-state index is -0.491. The SMILES string of the molecule is COc1ccc(/C=C/C(=O)c2c(C)cc(O)c(C(=O)/C=C/c3ccc(OC)c(OC)c3)c2-c2ccc(OCc3ccccc3)cc2)cc1OC. The number of phenols is 1. The highest BCUT2D eigenvalue weighted by atomic mass is 16.5. The van der Waals surface area contributed by atoms with E-state index in [4.69, 9.17) is 23.7 Å². The summed E-state index contributed by atoms with van der Waals surface area (Å²) in [6, 6.07) is 28.9. The maximum atomic E-state index is 14.0. The molecule has 5 aromatic carbocycles. The molecule has 1 N–H and O–H groups in total. The summed E-state index contributed by atoms with van der Waals surface area (Å²) in [5, 5.41) is 11.3. The zero-order chi connectivity index (χ0) is 35.6. The van der Waals surface area contributed by atoms with Gasteiger partial charge < -0.3 is 28.8 Å². The van der Waals surface area contributed by atoms with Gasteiger partial charge in [-0.25, -0.2) is 0 Å².